The molecule has 0 aliphatic carbocycles. The second kappa shape index (κ2) is 5.49. The fraction of sp³-hybridized carbons (Fsp3) is 0.158. The molecule has 1 unspecified atom stereocenters. The molecule has 0 fully saturated rings. The highest BCUT2D eigenvalue weighted by Gasteiger charge is 2.13. The fourth-order valence-electron chi connectivity index (χ4n) is 2.58. The summed E-state index contributed by atoms with van der Waals surface area (Å²) in [7, 11) is 0. The van der Waals surface area contributed by atoms with Gasteiger partial charge in [0.1, 0.15) is 17.6 Å². The van der Waals surface area contributed by atoms with E-state index in [0.717, 1.165) is 34.4 Å². The van der Waals surface area contributed by atoms with Crippen LogP contribution in [0, 0.1) is 0 Å². The first-order chi connectivity index (χ1) is 10.1. The lowest BCUT2D eigenvalue weighted by atomic mass is 9.94. The lowest BCUT2D eigenvalue weighted by Gasteiger charge is -2.18. The van der Waals surface area contributed by atoms with Crippen molar-refractivity contribution in [1.82, 2.24) is 0 Å². The van der Waals surface area contributed by atoms with Crippen LogP contribution in [0.3, 0.4) is 0 Å². The summed E-state index contributed by atoms with van der Waals surface area (Å²) in [6.07, 6.45) is 4.67. The molecular formula is C19H18O2. The van der Waals surface area contributed by atoms with Crippen molar-refractivity contribution in [2.24, 2.45) is 0 Å². The molecule has 0 saturated carbocycles. The minimum absolute atomic E-state index is 0.0345. The second-order valence-electron chi connectivity index (χ2n) is 5.34. The number of phenols is 1. The van der Waals surface area contributed by atoms with Gasteiger partial charge in [0.25, 0.3) is 0 Å². The van der Waals surface area contributed by atoms with Crippen LogP contribution >= 0.6 is 0 Å². The minimum atomic E-state index is -0.0345. The lowest BCUT2D eigenvalue weighted by molar-refractivity contribution is 0.268. The van der Waals surface area contributed by atoms with Gasteiger partial charge in [0.2, 0.25) is 0 Å². The highest BCUT2D eigenvalue weighted by atomic mass is 16.5. The Balaban J connectivity index is 2.11. The molecular weight excluding hydrogens is 260 g/mol. The summed E-state index contributed by atoms with van der Waals surface area (Å²) < 4.78 is 5.98. The number of aromatic hydroxyl groups is 1. The van der Waals surface area contributed by atoms with Crippen LogP contribution in [0.1, 0.15) is 23.6 Å². The quantitative estimate of drug-likeness (QED) is 0.772. The Morgan fingerprint density at radius 3 is 2.86 bits per heavy atom. The SMILES string of the molecule is C=C1Cc2ccccc2OC(C)/C=C\c2cc(O)ccc21. The van der Waals surface area contributed by atoms with Crippen LogP contribution in [-0.2, 0) is 6.42 Å². The molecule has 106 valence electrons. The lowest BCUT2D eigenvalue weighted by Crippen LogP contribution is -2.10. The first-order valence-electron chi connectivity index (χ1n) is 7.07. The number of benzene rings is 2. The van der Waals surface area contributed by atoms with E-state index in [1.165, 1.54) is 0 Å². The molecule has 1 heterocycles. The van der Waals surface area contributed by atoms with Gasteiger partial charge in [0.15, 0.2) is 0 Å². The molecule has 1 atom stereocenters. The zero-order valence-electron chi connectivity index (χ0n) is 12.0. The maximum atomic E-state index is 9.69. The van der Waals surface area contributed by atoms with Crippen molar-refractivity contribution in [3.8, 4) is 11.5 Å². The van der Waals surface area contributed by atoms with Gasteiger partial charge in [-0.25, -0.2) is 0 Å². The Labute approximate surface area is 125 Å². The number of phenolic OH excluding ortho intramolecular Hbond substituents is 1. The van der Waals surface area contributed by atoms with Gasteiger partial charge in [0, 0.05) is 6.42 Å². The summed E-state index contributed by atoms with van der Waals surface area (Å²) >= 11 is 0. The molecule has 1 aliphatic rings. The molecule has 0 bridgehead atoms. The van der Waals surface area contributed by atoms with Crippen molar-refractivity contribution in [3.05, 3.63) is 71.8 Å². The first kappa shape index (κ1) is 13.5. The van der Waals surface area contributed by atoms with E-state index in [1.807, 2.05) is 43.3 Å². The van der Waals surface area contributed by atoms with Gasteiger partial charge in [-0.3, -0.25) is 0 Å². The number of ether oxygens (including phenoxy) is 1. The van der Waals surface area contributed by atoms with Gasteiger partial charge >= 0.3 is 0 Å². The van der Waals surface area contributed by atoms with E-state index < -0.39 is 0 Å². The molecule has 0 spiro atoms. The summed E-state index contributed by atoms with van der Waals surface area (Å²) in [6.45, 7) is 6.21. The molecule has 2 heteroatoms. The normalized spacial score (nSPS) is 19.1. The van der Waals surface area contributed by atoms with Gasteiger partial charge in [-0.15, -0.1) is 0 Å². The van der Waals surface area contributed by atoms with Crippen LogP contribution < -0.4 is 4.74 Å². The zero-order valence-corrected chi connectivity index (χ0v) is 12.0. The number of hydrogen-bond acceptors (Lipinski definition) is 2. The van der Waals surface area contributed by atoms with Crippen molar-refractivity contribution in [3.63, 3.8) is 0 Å². The van der Waals surface area contributed by atoms with Gasteiger partial charge in [-0.05, 0) is 53.5 Å². The van der Waals surface area contributed by atoms with E-state index in [-0.39, 0.29) is 11.9 Å². The summed E-state index contributed by atoms with van der Waals surface area (Å²) in [5, 5.41) is 9.69. The number of allylic oxidation sites excluding steroid dienone is 1. The Morgan fingerprint density at radius 2 is 2.00 bits per heavy atom. The van der Waals surface area contributed by atoms with Crippen molar-refractivity contribution in [1.29, 1.82) is 0 Å². The maximum Gasteiger partial charge on any atom is 0.123 e. The molecule has 0 saturated heterocycles. The highest BCUT2D eigenvalue weighted by molar-refractivity contribution is 5.76. The fourth-order valence-corrected chi connectivity index (χ4v) is 2.58. The van der Waals surface area contributed by atoms with Crippen molar-refractivity contribution in [2.75, 3.05) is 0 Å². The predicted octanol–water partition coefficient (Wildman–Crippen LogP) is 4.44. The van der Waals surface area contributed by atoms with Crippen molar-refractivity contribution < 1.29 is 9.84 Å². The van der Waals surface area contributed by atoms with E-state index in [2.05, 4.69) is 12.6 Å². The molecule has 2 nitrogen and oxygen atoms in total. The van der Waals surface area contributed by atoms with Crippen molar-refractivity contribution >= 4 is 11.6 Å². The maximum absolute atomic E-state index is 9.69. The number of para-hydroxylation sites is 1. The Kier molecular flexibility index (Phi) is 3.53. The molecule has 2 aromatic rings. The molecule has 0 amide bonds. The third kappa shape index (κ3) is 2.84. The van der Waals surface area contributed by atoms with Crippen LogP contribution in [-0.4, -0.2) is 11.2 Å². The molecule has 3 rings (SSSR count). The van der Waals surface area contributed by atoms with E-state index in [9.17, 15) is 5.11 Å². The van der Waals surface area contributed by atoms with Gasteiger partial charge < -0.3 is 9.84 Å². The summed E-state index contributed by atoms with van der Waals surface area (Å²) in [5.74, 6) is 1.16. The molecule has 0 radical (unpaired) electrons. The Bertz CT molecular complexity index is 713. The molecule has 1 N–H and O–H groups in total. The third-order valence-electron chi connectivity index (χ3n) is 3.65. The van der Waals surface area contributed by atoms with Crippen LogP contribution in [0.25, 0.3) is 11.6 Å². The van der Waals surface area contributed by atoms with E-state index >= 15 is 0 Å². The van der Waals surface area contributed by atoms with E-state index in [4.69, 9.17) is 4.74 Å². The summed E-state index contributed by atoms with van der Waals surface area (Å²) in [4.78, 5) is 0. The average Bonchev–Trinajstić information content (AvgIpc) is 2.46. The number of rotatable bonds is 0. The summed E-state index contributed by atoms with van der Waals surface area (Å²) in [6, 6.07) is 13.4. The molecule has 0 aromatic heterocycles. The third-order valence-corrected chi connectivity index (χ3v) is 3.65. The topological polar surface area (TPSA) is 29.5 Å². The second-order valence-corrected chi connectivity index (χ2v) is 5.34. The van der Waals surface area contributed by atoms with E-state index in [0.29, 0.717) is 0 Å². The Hall–Kier alpha value is -2.48. The monoisotopic (exact) mass is 278 g/mol. The molecule has 21 heavy (non-hydrogen) atoms. The van der Waals surface area contributed by atoms with E-state index in [1.54, 1.807) is 12.1 Å². The predicted molar refractivity (Wildman–Crippen MR) is 86.4 cm³/mol. The number of hydrogen-bond donors (Lipinski definition) is 1. The van der Waals surface area contributed by atoms with Gasteiger partial charge in [-0.2, -0.15) is 0 Å². The zero-order chi connectivity index (χ0) is 14.8. The van der Waals surface area contributed by atoms with Gasteiger partial charge in [-0.1, -0.05) is 36.9 Å². The van der Waals surface area contributed by atoms with Crippen LogP contribution in [0.15, 0.2) is 55.1 Å². The van der Waals surface area contributed by atoms with Crippen molar-refractivity contribution in [2.45, 2.75) is 19.4 Å². The molecule has 2 aromatic carbocycles. The molecule has 1 aliphatic heterocycles. The standard InChI is InChI=1S/C19H18O2/c1-13-11-16-5-3-4-6-19(16)21-14(2)7-8-15-12-17(20)9-10-18(13)15/h3-10,12,14,20H,1,11H2,2H3/b8-7-. The van der Waals surface area contributed by atoms with Crippen LogP contribution in [0.5, 0.6) is 11.5 Å². The Morgan fingerprint density at radius 1 is 1.19 bits per heavy atom. The minimum Gasteiger partial charge on any atom is -0.508 e. The first-order valence-corrected chi connectivity index (χ1v) is 7.07. The summed E-state index contributed by atoms with van der Waals surface area (Å²) in [5.41, 5.74) is 4.17. The van der Waals surface area contributed by atoms with Crippen LogP contribution in [0.2, 0.25) is 0 Å². The number of fused-ring (bicyclic) bond motifs is 2. The van der Waals surface area contributed by atoms with Crippen LogP contribution in [0.4, 0.5) is 0 Å². The largest absolute Gasteiger partial charge is 0.508 e. The highest BCUT2D eigenvalue weighted by Crippen LogP contribution is 2.30. The smallest absolute Gasteiger partial charge is 0.123 e. The van der Waals surface area contributed by atoms with Gasteiger partial charge in [0.05, 0.1) is 0 Å². The average molecular weight is 278 g/mol.